The smallest absolute Gasteiger partial charge is 0.462 e. The number of esters is 4. The first-order chi connectivity index (χ1) is 48.0. The molecule has 588 valence electrons. The quantitative estimate of drug-likeness (QED) is 0.0222. The van der Waals surface area contributed by atoms with E-state index in [-0.39, 0.29) is 25.7 Å². The van der Waals surface area contributed by atoms with Crippen LogP contribution in [0.25, 0.3) is 0 Å². The molecule has 3 N–H and O–H groups in total. The van der Waals surface area contributed by atoms with Crippen LogP contribution in [-0.4, -0.2) is 96.7 Å². The maximum absolute atomic E-state index is 13.1. The zero-order valence-electron chi connectivity index (χ0n) is 64.6. The van der Waals surface area contributed by atoms with Crippen molar-refractivity contribution in [3.05, 3.63) is 0 Å². The lowest BCUT2D eigenvalue weighted by atomic mass is 10.0. The number of carbonyl (C=O) groups excluding carboxylic acids is 4. The lowest BCUT2D eigenvalue weighted by Crippen LogP contribution is -2.30. The molecular formula is C80H156O17P2. The Kier molecular flexibility index (Phi) is 71.6. The lowest BCUT2D eigenvalue weighted by Gasteiger charge is -2.21. The summed E-state index contributed by atoms with van der Waals surface area (Å²) in [5.41, 5.74) is 0. The summed E-state index contributed by atoms with van der Waals surface area (Å²) in [5, 5.41) is 10.6. The van der Waals surface area contributed by atoms with Gasteiger partial charge in [0, 0.05) is 25.7 Å². The van der Waals surface area contributed by atoms with Crippen LogP contribution in [-0.2, 0) is 65.4 Å². The molecule has 0 aromatic rings. The van der Waals surface area contributed by atoms with Gasteiger partial charge in [0.1, 0.15) is 19.3 Å². The molecule has 0 rings (SSSR count). The van der Waals surface area contributed by atoms with Crippen molar-refractivity contribution >= 4 is 39.5 Å². The molecule has 0 heterocycles. The zero-order chi connectivity index (χ0) is 72.7. The predicted molar refractivity (Wildman–Crippen MR) is 405 cm³/mol. The maximum Gasteiger partial charge on any atom is 0.472 e. The van der Waals surface area contributed by atoms with Crippen molar-refractivity contribution in [2.45, 2.75) is 445 Å². The van der Waals surface area contributed by atoms with E-state index in [2.05, 4.69) is 34.6 Å². The molecule has 0 aromatic carbocycles. The summed E-state index contributed by atoms with van der Waals surface area (Å²) in [6.07, 6.45) is 64.0. The van der Waals surface area contributed by atoms with E-state index in [0.717, 1.165) is 109 Å². The van der Waals surface area contributed by atoms with Crippen LogP contribution in [0.5, 0.6) is 0 Å². The van der Waals surface area contributed by atoms with Gasteiger partial charge in [-0.2, -0.15) is 0 Å². The Morgan fingerprint density at radius 3 is 0.687 bits per heavy atom. The number of rotatable bonds is 80. The van der Waals surface area contributed by atoms with Gasteiger partial charge in [-0.3, -0.25) is 37.3 Å². The zero-order valence-corrected chi connectivity index (χ0v) is 66.4. The molecule has 0 aromatic heterocycles. The van der Waals surface area contributed by atoms with E-state index in [9.17, 15) is 43.2 Å². The van der Waals surface area contributed by atoms with Crippen molar-refractivity contribution in [1.29, 1.82) is 0 Å². The first kappa shape index (κ1) is 97.1. The van der Waals surface area contributed by atoms with E-state index in [4.69, 9.17) is 37.0 Å². The van der Waals surface area contributed by atoms with Gasteiger partial charge in [0.05, 0.1) is 26.4 Å². The van der Waals surface area contributed by atoms with Crippen LogP contribution in [0.3, 0.4) is 0 Å². The number of hydrogen-bond acceptors (Lipinski definition) is 15. The first-order valence-corrected chi connectivity index (χ1v) is 44.6. The highest BCUT2D eigenvalue weighted by Crippen LogP contribution is 2.45. The Hall–Kier alpha value is -1.94. The largest absolute Gasteiger partial charge is 0.472 e. The Morgan fingerprint density at radius 2 is 0.465 bits per heavy atom. The Balaban J connectivity index is 5.17. The van der Waals surface area contributed by atoms with Crippen LogP contribution < -0.4 is 0 Å². The Bertz CT molecular complexity index is 1890. The molecule has 17 nitrogen and oxygen atoms in total. The number of aliphatic hydroxyl groups is 1. The van der Waals surface area contributed by atoms with Crippen molar-refractivity contribution in [3.63, 3.8) is 0 Å². The van der Waals surface area contributed by atoms with Gasteiger partial charge in [-0.1, -0.05) is 375 Å². The second-order valence-corrected chi connectivity index (χ2v) is 32.2. The summed E-state index contributed by atoms with van der Waals surface area (Å²) < 4.78 is 68.6. The van der Waals surface area contributed by atoms with E-state index in [0.29, 0.717) is 25.7 Å². The molecule has 0 aliphatic rings. The van der Waals surface area contributed by atoms with Crippen LogP contribution in [0.1, 0.15) is 426 Å². The summed E-state index contributed by atoms with van der Waals surface area (Å²) >= 11 is 0. The fraction of sp³-hybridized carbons (Fsp3) is 0.950. The molecule has 0 aliphatic heterocycles. The lowest BCUT2D eigenvalue weighted by molar-refractivity contribution is -0.161. The van der Waals surface area contributed by atoms with Gasteiger partial charge in [0.15, 0.2) is 12.2 Å². The molecule has 0 aliphatic carbocycles. The molecular weight excluding hydrogens is 1290 g/mol. The molecule has 5 atom stereocenters. The number of carbonyl (C=O) groups is 4. The van der Waals surface area contributed by atoms with E-state index < -0.39 is 97.5 Å². The van der Waals surface area contributed by atoms with E-state index in [1.165, 1.54) is 238 Å². The third-order valence-corrected chi connectivity index (χ3v) is 20.7. The molecule has 0 saturated heterocycles. The third-order valence-electron chi connectivity index (χ3n) is 18.8. The van der Waals surface area contributed by atoms with Crippen molar-refractivity contribution in [2.24, 2.45) is 5.92 Å². The molecule has 99 heavy (non-hydrogen) atoms. The van der Waals surface area contributed by atoms with Crippen LogP contribution in [0.2, 0.25) is 0 Å². The number of hydrogen-bond donors (Lipinski definition) is 3. The van der Waals surface area contributed by atoms with Gasteiger partial charge in [-0.25, -0.2) is 9.13 Å². The van der Waals surface area contributed by atoms with Crippen molar-refractivity contribution < 1.29 is 80.2 Å². The molecule has 0 saturated carbocycles. The topological polar surface area (TPSA) is 237 Å². The summed E-state index contributed by atoms with van der Waals surface area (Å²) in [7, 11) is -9.91. The normalized spacial score (nSPS) is 13.9. The van der Waals surface area contributed by atoms with Crippen molar-refractivity contribution in [2.75, 3.05) is 39.6 Å². The minimum absolute atomic E-state index is 0.107. The number of aliphatic hydroxyl groups excluding tert-OH is 1. The predicted octanol–water partition coefficient (Wildman–Crippen LogP) is 24.0. The number of unbranched alkanes of at least 4 members (excludes halogenated alkanes) is 52. The van der Waals surface area contributed by atoms with Crippen LogP contribution >= 0.6 is 15.6 Å². The summed E-state index contributed by atoms with van der Waals surface area (Å²) in [6.45, 7) is 7.29. The van der Waals surface area contributed by atoms with E-state index in [1.807, 2.05) is 0 Å². The summed E-state index contributed by atoms with van der Waals surface area (Å²) in [6, 6.07) is 0. The summed E-state index contributed by atoms with van der Waals surface area (Å²) in [5.74, 6) is -1.34. The fourth-order valence-corrected chi connectivity index (χ4v) is 14.0. The Labute approximate surface area is 607 Å². The second-order valence-electron chi connectivity index (χ2n) is 29.3. The summed E-state index contributed by atoms with van der Waals surface area (Å²) in [4.78, 5) is 72.8. The highest BCUT2D eigenvalue weighted by atomic mass is 31.2. The van der Waals surface area contributed by atoms with Crippen molar-refractivity contribution in [3.8, 4) is 0 Å². The SMILES string of the molecule is CCCCCCCCCCCCCCCCCCCCCCCC(=O)O[C@H](COC(=O)CCCCCCCCCCCCCCCCCC)COP(=O)(O)OC[C@@H](O)COP(=O)(O)OC[C@@H](COC(=O)CCCCCCCCC)OC(=O)CCCCCCCCCCCCCCC(C)C. The third kappa shape index (κ3) is 74.1. The molecule has 19 heteroatoms. The minimum atomic E-state index is -4.96. The molecule has 0 spiro atoms. The standard InChI is InChI=1S/C80H156O17P2/c1-6-9-12-15-18-20-22-24-26-28-29-30-31-32-34-36-41-45-50-55-60-65-80(85)97-76(70-91-78(83)64-59-54-49-44-40-35-33-27-25-23-21-19-16-13-10-7-2)72-95-99(88,89)93-68-74(81)67-92-98(86,87)94-71-75(69-90-77(82)63-58-53-47-17-14-11-8-3)96-79(84)66-61-56-51-46-42-38-37-39-43-48-52-57-62-73(4)5/h73-76,81H,6-72H2,1-5H3,(H,86,87)(H,88,89)/t74-,75+,76+/m0/s1. The molecule has 2 unspecified atom stereocenters. The van der Waals surface area contributed by atoms with Crippen LogP contribution in [0, 0.1) is 5.92 Å². The first-order valence-electron chi connectivity index (χ1n) is 41.6. The van der Waals surface area contributed by atoms with Crippen LogP contribution in [0.15, 0.2) is 0 Å². The number of ether oxygens (including phenoxy) is 4. The highest BCUT2D eigenvalue weighted by molar-refractivity contribution is 7.47. The fourth-order valence-electron chi connectivity index (χ4n) is 12.4. The number of phosphoric ester groups is 2. The number of phosphoric acid groups is 2. The van der Waals surface area contributed by atoms with Gasteiger partial charge < -0.3 is 33.8 Å². The van der Waals surface area contributed by atoms with Crippen LogP contribution in [0.4, 0.5) is 0 Å². The highest BCUT2D eigenvalue weighted by Gasteiger charge is 2.30. The average molecular weight is 1450 g/mol. The van der Waals surface area contributed by atoms with Gasteiger partial charge in [0.25, 0.3) is 0 Å². The monoisotopic (exact) mass is 1450 g/mol. The second kappa shape index (κ2) is 73.0. The average Bonchev–Trinajstić information content (AvgIpc) is 1.26. The van der Waals surface area contributed by atoms with Gasteiger partial charge in [0.2, 0.25) is 0 Å². The molecule has 0 bridgehead atoms. The van der Waals surface area contributed by atoms with Gasteiger partial charge >= 0.3 is 39.5 Å². The molecule has 0 fully saturated rings. The van der Waals surface area contributed by atoms with Gasteiger partial charge in [-0.15, -0.1) is 0 Å². The van der Waals surface area contributed by atoms with E-state index in [1.54, 1.807) is 0 Å². The molecule has 0 radical (unpaired) electrons. The van der Waals surface area contributed by atoms with E-state index >= 15 is 0 Å². The van der Waals surface area contributed by atoms with Crippen molar-refractivity contribution in [1.82, 2.24) is 0 Å². The van der Waals surface area contributed by atoms with Gasteiger partial charge in [-0.05, 0) is 31.6 Å². The maximum atomic E-state index is 13.1. The Morgan fingerprint density at radius 1 is 0.273 bits per heavy atom. The molecule has 0 amide bonds. The minimum Gasteiger partial charge on any atom is -0.462 e.